The fourth-order valence-electron chi connectivity index (χ4n) is 2.11. The molecule has 0 radical (unpaired) electrons. The molecule has 0 unspecified atom stereocenters. The third-order valence-electron chi connectivity index (χ3n) is 3.22. The Morgan fingerprint density at radius 2 is 2.04 bits per heavy atom. The first kappa shape index (κ1) is 15.4. The van der Waals surface area contributed by atoms with Gasteiger partial charge in [-0.2, -0.15) is 5.10 Å². The standard InChI is InChI=1S/C16H16N4O2S/c21-15(11-23-16-17-12-18-19-16)20(10-14-7-4-8-22-14)9-13-5-2-1-3-6-13/h1-8,12H,9-11H2,(H,17,18,19). The Labute approximate surface area is 137 Å². The van der Waals surface area contributed by atoms with Crippen LogP contribution >= 0.6 is 11.8 Å². The molecule has 23 heavy (non-hydrogen) atoms. The Bertz CT molecular complexity index is 714. The Balaban J connectivity index is 1.67. The lowest BCUT2D eigenvalue weighted by atomic mass is 10.2. The van der Waals surface area contributed by atoms with Crippen molar-refractivity contribution >= 4 is 17.7 Å². The van der Waals surface area contributed by atoms with Gasteiger partial charge in [0.15, 0.2) is 5.16 Å². The summed E-state index contributed by atoms with van der Waals surface area (Å²) in [7, 11) is 0. The van der Waals surface area contributed by atoms with Crippen LogP contribution in [0.3, 0.4) is 0 Å². The molecule has 0 aliphatic carbocycles. The molecule has 1 N–H and O–H groups in total. The van der Waals surface area contributed by atoms with E-state index in [9.17, 15) is 4.79 Å². The highest BCUT2D eigenvalue weighted by atomic mass is 32.2. The SMILES string of the molecule is O=C(CSc1ncn[nH]1)N(Cc1ccccc1)Cc1ccco1. The molecule has 1 amide bonds. The quantitative estimate of drug-likeness (QED) is 0.675. The van der Waals surface area contributed by atoms with E-state index in [2.05, 4.69) is 15.2 Å². The number of aromatic nitrogens is 3. The fraction of sp³-hybridized carbons (Fsp3) is 0.188. The van der Waals surface area contributed by atoms with Crippen LogP contribution in [-0.4, -0.2) is 31.7 Å². The first-order valence-electron chi connectivity index (χ1n) is 7.13. The van der Waals surface area contributed by atoms with Crippen molar-refractivity contribution in [1.29, 1.82) is 0 Å². The molecule has 3 rings (SSSR count). The number of nitrogens with zero attached hydrogens (tertiary/aromatic N) is 3. The summed E-state index contributed by atoms with van der Waals surface area (Å²) in [6, 6.07) is 13.6. The van der Waals surface area contributed by atoms with Crippen molar-refractivity contribution in [2.75, 3.05) is 5.75 Å². The highest BCUT2D eigenvalue weighted by molar-refractivity contribution is 7.99. The molecule has 0 saturated carbocycles. The largest absolute Gasteiger partial charge is 0.467 e. The van der Waals surface area contributed by atoms with E-state index in [4.69, 9.17) is 4.42 Å². The third-order valence-corrected chi connectivity index (χ3v) is 4.08. The minimum Gasteiger partial charge on any atom is -0.467 e. The molecule has 3 aromatic rings. The van der Waals surface area contributed by atoms with E-state index in [-0.39, 0.29) is 5.91 Å². The van der Waals surface area contributed by atoms with Crippen LogP contribution in [0.25, 0.3) is 0 Å². The van der Waals surface area contributed by atoms with Gasteiger partial charge in [-0.1, -0.05) is 42.1 Å². The van der Waals surface area contributed by atoms with E-state index in [0.29, 0.717) is 24.0 Å². The lowest BCUT2D eigenvalue weighted by Crippen LogP contribution is -2.31. The number of rotatable bonds is 7. The molecule has 1 aromatic carbocycles. The second kappa shape index (κ2) is 7.64. The van der Waals surface area contributed by atoms with Gasteiger partial charge in [0, 0.05) is 6.54 Å². The van der Waals surface area contributed by atoms with Gasteiger partial charge in [-0.3, -0.25) is 9.89 Å². The van der Waals surface area contributed by atoms with Crippen molar-refractivity contribution in [2.24, 2.45) is 0 Å². The summed E-state index contributed by atoms with van der Waals surface area (Å²) in [4.78, 5) is 18.4. The van der Waals surface area contributed by atoms with Crippen molar-refractivity contribution in [3.8, 4) is 0 Å². The van der Waals surface area contributed by atoms with Gasteiger partial charge in [0.1, 0.15) is 12.1 Å². The number of nitrogens with one attached hydrogen (secondary N) is 1. The van der Waals surface area contributed by atoms with E-state index in [1.165, 1.54) is 18.1 Å². The topological polar surface area (TPSA) is 75.0 Å². The van der Waals surface area contributed by atoms with Crippen LogP contribution in [0.1, 0.15) is 11.3 Å². The van der Waals surface area contributed by atoms with Crippen molar-refractivity contribution in [1.82, 2.24) is 20.1 Å². The molecule has 118 valence electrons. The highest BCUT2D eigenvalue weighted by Gasteiger charge is 2.16. The lowest BCUT2D eigenvalue weighted by Gasteiger charge is -2.21. The molecule has 0 aliphatic rings. The predicted octanol–water partition coefficient (Wildman–Crippen LogP) is 2.72. The van der Waals surface area contributed by atoms with Gasteiger partial charge >= 0.3 is 0 Å². The Morgan fingerprint density at radius 1 is 1.17 bits per heavy atom. The summed E-state index contributed by atoms with van der Waals surface area (Å²) in [6.45, 7) is 0.981. The normalized spacial score (nSPS) is 10.6. The lowest BCUT2D eigenvalue weighted by molar-refractivity contribution is -0.129. The summed E-state index contributed by atoms with van der Waals surface area (Å²) in [5.74, 6) is 1.08. The highest BCUT2D eigenvalue weighted by Crippen LogP contribution is 2.16. The van der Waals surface area contributed by atoms with Crippen LogP contribution < -0.4 is 0 Å². The van der Waals surface area contributed by atoms with Crippen LogP contribution in [0.15, 0.2) is 64.6 Å². The minimum atomic E-state index is 0.0200. The van der Waals surface area contributed by atoms with Gasteiger partial charge in [-0.15, -0.1) is 0 Å². The van der Waals surface area contributed by atoms with Crippen LogP contribution in [0, 0.1) is 0 Å². The predicted molar refractivity (Wildman–Crippen MR) is 86.5 cm³/mol. The molecule has 0 aliphatic heterocycles. The van der Waals surface area contributed by atoms with Gasteiger partial charge < -0.3 is 9.32 Å². The molecule has 0 saturated heterocycles. The monoisotopic (exact) mass is 328 g/mol. The molecule has 0 atom stereocenters. The zero-order valence-corrected chi connectivity index (χ0v) is 13.2. The number of hydrogen-bond donors (Lipinski definition) is 1. The number of furan rings is 1. The summed E-state index contributed by atoms with van der Waals surface area (Å²) >= 11 is 1.34. The average Bonchev–Trinajstić information content (AvgIpc) is 3.26. The number of H-pyrrole nitrogens is 1. The molecule has 6 nitrogen and oxygen atoms in total. The fourth-order valence-corrected chi connectivity index (χ4v) is 2.79. The maximum atomic E-state index is 12.6. The van der Waals surface area contributed by atoms with Gasteiger partial charge in [-0.05, 0) is 17.7 Å². The molecule has 7 heteroatoms. The van der Waals surface area contributed by atoms with Crippen molar-refractivity contribution < 1.29 is 9.21 Å². The second-order valence-electron chi connectivity index (χ2n) is 4.89. The number of thioether (sulfide) groups is 1. The third kappa shape index (κ3) is 4.46. The summed E-state index contributed by atoms with van der Waals surface area (Å²) in [5, 5.41) is 7.15. The Morgan fingerprint density at radius 3 is 2.74 bits per heavy atom. The molecule has 2 aromatic heterocycles. The molecule has 2 heterocycles. The van der Waals surface area contributed by atoms with Gasteiger partial charge in [0.05, 0.1) is 18.6 Å². The molecule has 0 bridgehead atoms. The maximum Gasteiger partial charge on any atom is 0.233 e. The average molecular weight is 328 g/mol. The summed E-state index contributed by atoms with van der Waals surface area (Å²) < 4.78 is 5.37. The zero-order chi connectivity index (χ0) is 15.9. The van der Waals surface area contributed by atoms with E-state index in [1.54, 1.807) is 11.2 Å². The van der Waals surface area contributed by atoms with Gasteiger partial charge in [-0.25, -0.2) is 4.98 Å². The number of carbonyl (C=O) groups is 1. The van der Waals surface area contributed by atoms with E-state index in [1.807, 2.05) is 42.5 Å². The number of hydrogen-bond acceptors (Lipinski definition) is 5. The van der Waals surface area contributed by atoms with E-state index < -0.39 is 0 Å². The summed E-state index contributed by atoms with van der Waals surface area (Å²) in [5.41, 5.74) is 1.08. The van der Waals surface area contributed by atoms with Crippen molar-refractivity contribution in [3.63, 3.8) is 0 Å². The Kier molecular flexibility index (Phi) is 5.10. The molecule has 0 fully saturated rings. The van der Waals surface area contributed by atoms with Crippen LogP contribution in [0.2, 0.25) is 0 Å². The smallest absolute Gasteiger partial charge is 0.233 e. The van der Waals surface area contributed by atoms with Crippen LogP contribution in [0.4, 0.5) is 0 Å². The van der Waals surface area contributed by atoms with Gasteiger partial charge in [0.2, 0.25) is 5.91 Å². The second-order valence-corrected chi connectivity index (χ2v) is 5.86. The number of benzene rings is 1. The Hall–Kier alpha value is -2.54. The minimum absolute atomic E-state index is 0.0200. The van der Waals surface area contributed by atoms with Crippen molar-refractivity contribution in [2.45, 2.75) is 18.2 Å². The molecule has 0 spiro atoms. The number of amides is 1. The first-order valence-corrected chi connectivity index (χ1v) is 8.12. The van der Waals surface area contributed by atoms with Crippen molar-refractivity contribution in [3.05, 3.63) is 66.4 Å². The van der Waals surface area contributed by atoms with E-state index >= 15 is 0 Å². The van der Waals surface area contributed by atoms with Gasteiger partial charge in [0.25, 0.3) is 0 Å². The number of carbonyl (C=O) groups excluding carboxylic acids is 1. The van der Waals surface area contributed by atoms with Crippen LogP contribution in [-0.2, 0) is 17.9 Å². The molecular weight excluding hydrogens is 312 g/mol. The summed E-state index contributed by atoms with van der Waals surface area (Å²) in [6.07, 6.45) is 3.04. The van der Waals surface area contributed by atoms with Crippen LogP contribution in [0.5, 0.6) is 0 Å². The maximum absolute atomic E-state index is 12.6. The number of aromatic amines is 1. The van der Waals surface area contributed by atoms with E-state index in [0.717, 1.165) is 11.3 Å². The molecular formula is C16H16N4O2S. The zero-order valence-electron chi connectivity index (χ0n) is 12.4. The first-order chi connectivity index (χ1) is 11.3.